The summed E-state index contributed by atoms with van der Waals surface area (Å²) >= 11 is 0. The number of carbonyl (C=O) groups excluding carboxylic acids is 1. The highest BCUT2D eigenvalue weighted by Gasteiger charge is 2.17. The van der Waals surface area contributed by atoms with E-state index >= 15 is 0 Å². The molecule has 0 aromatic heterocycles. The van der Waals surface area contributed by atoms with Crippen molar-refractivity contribution in [2.75, 3.05) is 7.05 Å². The molecule has 0 bridgehead atoms. The van der Waals surface area contributed by atoms with Gasteiger partial charge in [0.1, 0.15) is 5.75 Å². The van der Waals surface area contributed by atoms with E-state index in [9.17, 15) is 9.90 Å². The molecule has 0 heterocycles. The summed E-state index contributed by atoms with van der Waals surface area (Å²) < 4.78 is 0. The quantitative estimate of drug-likeness (QED) is 0.933. The number of likely N-dealkylation sites (N-methyl/N-ethyl adjacent to an activating group) is 1. The second-order valence-corrected chi connectivity index (χ2v) is 5.43. The van der Waals surface area contributed by atoms with E-state index in [4.69, 9.17) is 0 Å². The van der Waals surface area contributed by atoms with Gasteiger partial charge >= 0.3 is 0 Å². The molecule has 3 nitrogen and oxygen atoms in total. The van der Waals surface area contributed by atoms with E-state index in [1.54, 1.807) is 17.0 Å². The predicted molar refractivity (Wildman–Crippen MR) is 84.2 cm³/mol. The van der Waals surface area contributed by atoms with E-state index in [1.165, 1.54) is 5.56 Å². The molecular formula is C18H21NO2. The summed E-state index contributed by atoms with van der Waals surface area (Å²) in [6.45, 7) is 4.02. The fraction of sp³-hybridized carbons (Fsp3) is 0.278. The van der Waals surface area contributed by atoms with Crippen molar-refractivity contribution >= 4 is 5.91 Å². The molecule has 1 N–H and O–H groups in total. The van der Waals surface area contributed by atoms with Crippen molar-refractivity contribution in [3.63, 3.8) is 0 Å². The van der Waals surface area contributed by atoms with Crippen molar-refractivity contribution in [3.05, 3.63) is 65.2 Å². The Kier molecular flexibility index (Phi) is 4.63. The Labute approximate surface area is 125 Å². The summed E-state index contributed by atoms with van der Waals surface area (Å²) in [6, 6.07) is 15.0. The molecule has 0 radical (unpaired) electrons. The highest BCUT2D eigenvalue weighted by Crippen LogP contribution is 2.21. The van der Waals surface area contributed by atoms with Gasteiger partial charge in [-0.15, -0.1) is 0 Å². The molecule has 2 rings (SSSR count). The molecule has 0 aliphatic heterocycles. The number of hydrogen-bond donors (Lipinski definition) is 1. The summed E-state index contributed by atoms with van der Waals surface area (Å²) in [5, 5.41) is 9.32. The number of carbonyl (C=O) groups is 1. The zero-order chi connectivity index (χ0) is 15.4. The lowest BCUT2D eigenvalue weighted by Gasteiger charge is -2.25. The first-order valence-electron chi connectivity index (χ1n) is 7.07. The number of aromatic hydroxyl groups is 1. The molecule has 0 aliphatic rings. The second-order valence-electron chi connectivity index (χ2n) is 5.43. The van der Waals surface area contributed by atoms with Crippen LogP contribution in [0.1, 0.15) is 29.7 Å². The summed E-state index contributed by atoms with van der Waals surface area (Å²) in [7, 11) is 1.81. The molecule has 0 spiro atoms. The van der Waals surface area contributed by atoms with Crippen LogP contribution in [0, 0.1) is 6.92 Å². The van der Waals surface area contributed by atoms with Crippen molar-refractivity contribution < 1.29 is 9.90 Å². The fourth-order valence-corrected chi connectivity index (χ4v) is 2.20. The van der Waals surface area contributed by atoms with E-state index in [-0.39, 0.29) is 17.7 Å². The van der Waals surface area contributed by atoms with Crippen molar-refractivity contribution in [1.82, 2.24) is 4.90 Å². The van der Waals surface area contributed by atoms with Crippen LogP contribution in [0.15, 0.2) is 48.5 Å². The number of amides is 1. The van der Waals surface area contributed by atoms with Gasteiger partial charge < -0.3 is 10.0 Å². The monoisotopic (exact) mass is 283 g/mol. The van der Waals surface area contributed by atoms with Gasteiger partial charge in [0.2, 0.25) is 5.91 Å². The Balaban J connectivity index is 2.04. The maximum absolute atomic E-state index is 12.4. The Morgan fingerprint density at radius 2 is 1.67 bits per heavy atom. The zero-order valence-corrected chi connectivity index (χ0v) is 12.7. The highest BCUT2D eigenvalue weighted by atomic mass is 16.3. The van der Waals surface area contributed by atoms with Gasteiger partial charge in [-0.25, -0.2) is 0 Å². The number of phenolic OH excluding ortho intramolecular Hbond substituents is 1. The number of hydrogen-bond acceptors (Lipinski definition) is 2. The number of nitrogens with zero attached hydrogens (tertiary/aromatic N) is 1. The van der Waals surface area contributed by atoms with Crippen LogP contribution in [-0.2, 0) is 11.2 Å². The third-order valence-corrected chi connectivity index (χ3v) is 3.83. The number of benzene rings is 2. The van der Waals surface area contributed by atoms with Gasteiger partial charge in [0.25, 0.3) is 0 Å². The smallest absolute Gasteiger partial charge is 0.227 e. The van der Waals surface area contributed by atoms with Gasteiger partial charge in [-0.2, -0.15) is 0 Å². The van der Waals surface area contributed by atoms with E-state index in [0.717, 1.165) is 11.1 Å². The minimum atomic E-state index is -0.0245. The average molecular weight is 283 g/mol. The first kappa shape index (κ1) is 15.1. The topological polar surface area (TPSA) is 40.5 Å². The van der Waals surface area contributed by atoms with Gasteiger partial charge in [-0.3, -0.25) is 4.79 Å². The Bertz CT molecular complexity index is 602. The molecule has 0 saturated carbocycles. The molecule has 0 fully saturated rings. The third kappa shape index (κ3) is 3.85. The van der Waals surface area contributed by atoms with Gasteiger partial charge in [-0.1, -0.05) is 42.0 Å². The molecule has 1 atom stereocenters. The predicted octanol–water partition coefficient (Wildman–Crippen LogP) is 3.46. The van der Waals surface area contributed by atoms with E-state index in [2.05, 4.69) is 0 Å². The molecule has 1 amide bonds. The molecule has 2 aromatic rings. The minimum absolute atomic E-state index is 0.0245. The van der Waals surface area contributed by atoms with Crippen LogP contribution in [0.4, 0.5) is 0 Å². The molecule has 2 aromatic carbocycles. The van der Waals surface area contributed by atoms with Gasteiger partial charge in [0.15, 0.2) is 0 Å². The molecule has 0 saturated heterocycles. The average Bonchev–Trinajstić information content (AvgIpc) is 2.49. The van der Waals surface area contributed by atoms with Crippen molar-refractivity contribution in [2.24, 2.45) is 0 Å². The van der Waals surface area contributed by atoms with Crippen LogP contribution in [0.25, 0.3) is 0 Å². The van der Waals surface area contributed by atoms with E-state index in [0.29, 0.717) is 6.42 Å². The number of phenols is 1. The fourth-order valence-electron chi connectivity index (χ4n) is 2.20. The lowest BCUT2D eigenvalue weighted by molar-refractivity contribution is -0.131. The van der Waals surface area contributed by atoms with Gasteiger partial charge in [-0.05, 0) is 37.1 Å². The van der Waals surface area contributed by atoms with Crippen LogP contribution in [0.2, 0.25) is 0 Å². The highest BCUT2D eigenvalue weighted by molar-refractivity contribution is 5.79. The van der Waals surface area contributed by atoms with Crippen molar-refractivity contribution in [3.8, 4) is 5.75 Å². The van der Waals surface area contributed by atoms with Crippen molar-refractivity contribution in [2.45, 2.75) is 26.3 Å². The maximum atomic E-state index is 12.4. The first-order chi connectivity index (χ1) is 9.97. The van der Waals surface area contributed by atoms with Crippen LogP contribution in [0.3, 0.4) is 0 Å². The SMILES string of the molecule is Cc1ccc(CC(=O)N(C)C(C)c2ccc(O)cc2)cc1. The third-order valence-electron chi connectivity index (χ3n) is 3.83. The van der Waals surface area contributed by atoms with Crippen LogP contribution >= 0.6 is 0 Å². The first-order valence-corrected chi connectivity index (χ1v) is 7.07. The molecule has 1 unspecified atom stereocenters. The lowest BCUT2D eigenvalue weighted by atomic mass is 10.1. The summed E-state index contributed by atoms with van der Waals surface area (Å²) in [6.07, 6.45) is 0.402. The van der Waals surface area contributed by atoms with E-state index < -0.39 is 0 Å². The van der Waals surface area contributed by atoms with Crippen LogP contribution < -0.4 is 0 Å². The summed E-state index contributed by atoms with van der Waals surface area (Å²) in [5.74, 6) is 0.319. The lowest BCUT2D eigenvalue weighted by Crippen LogP contribution is -2.30. The van der Waals surface area contributed by atoms with Crippen LogP contribution in [0.5, 0.6) is 5.75 Å². The normalized spacial score (nSPS) is 12.0. The Morgan fingerprint density at radius 3 is 2.24 bits per heavy atom. The molecular weight excluding hydrogens is 262 g/mol. The largest absolute Gasteiger partial charge is 0.508 e. The van der Waals surface area contributed by atoms with Crippen LogP contribution in [-0.4, -0.2) is 23.0 Å². The van der Waals surface area contributed by atoms with Crippen molar-refractivity contribution in [1.29, 1.82) is 0 Å². The second kappa shape index (κ2) is 6.44. The van der Waals surface area contributed by atoms with Gasteiger partial charge in [0.05, 0.1) is 12.5 Å². The number of rotatable bonds is 4. The maximum Gasteiger partial charge on any atom is 0.227 e. The molecule has 21 heavy (non-hydrogen) atoms. The summed E-state index contributed by atoms with van der Waals surface area (Å²) in [4.78, 5) is 14.1. The minimum Gasteiger partial charge on any atom is -0.508 e. The Hall–Kier alpha value is -2.29. The standard InChI is InChI=1S/C18H21NO2/c1-13-4-6-15(7-5-13)12-18(21)19(3)14(2)16-8-10-17(20)11-9-16/h4-11,14,20H,12H2,1-3H3. The zero-order valence-electron chi connectivity index (χ0n) is 12.7. The molecule has 3 heteroatoms. The summed E-state index contributed by atoms with van der Waals surface area (Å²) in [5.41, 5.74) is 3.22. The Morgan fingerprint density at radius 1 is 1.10 bits per heavy atom. The van der Waals surface area contributed by atoms with E-state index in [1.807, 2.05) is 57.3 Å². The molecule has 0 aliphatic carbocycles. The molecule has 110 valence electrons. The van der Waals surface area contributed by atoms with Gasteiger partial charge in [0, 0.05) is 7.05 Å². The number of aryl methyl sites for hydroxylation is 1.